The van der Waals surface area contributed by atoms with Crippen molar-refractivity contribution in [2.75, 3.05) is 19.8 Å². The molecule has 7 N–H and O–H groups in total. The molecule has 0 amide bonds. The first-order chi connectivity index (χ1) is 10.4. The van der Waals surface area contributed by atoms with Crippen LogP contribution in [0, 0.1) is 0 Å². The second kappa shape index (κ2) is 7.01. The summed E-state index contributed by atoms with van der Waals surface area (Å²) in [6, 6.07) is 0. The topological polar surface area (TPSA) is 169 Å². The fraction of sp³-hybridized carbons (Fsp3) is 1.00. The Morgan fingerprint density at radius 1 is 0.909 bits per heavy atom. The summed E-state index contributed by atoms with van der Waals surface area (Å²) in [4.78, 5) is 0. The lowest BCUT2D eigenvalue weighted by molar-refractivity contribution is -0.371. The van der Waals surface area contributed by atoms with Crippen LogP contribution in [0.25, 0.3) is 0 Å². The summed E-state index contributed by atoms with van der Waals surface area (Å²) in [7, 11) is 0. The zero-order valence-corrected chi connectivity index (χ0v) is 11.7. The summed E-state index contributed by atoms with van der Waals surface area (Å²) in [5.41, 5.74) is 0. The van der Waals surface area contributed by atoms with Gasteiger partial charge in [0, 0.05) is 6.42 Å². The Kier molecular flexibility index (Phi) is 5.72. The molecule has 2 saturated heterocycles. The maximum atomic E-state index is 9.89. The highest BCUT2D eigenvalue weighted by molar-refractivity contribution is 4.92. The van der Waals surface area contributed by atoms with E-state index in [0.717, 1.165) is 0 Å². The number of hydrogen-bond donors (Lipinski definition) is 7. The van der Waals surface area contributed by atoms with E-state index in [1.807, 2.05) is 0 Å². The molecule has 2 aliphatic heterocycles. The molecule has 2 aliphatic rings. The molecule has 10 nitrogen and oxygen atoms in total. The van der Waals surface area contributed by atoms with Gasteiger partial charge in [0.1, 0.15) is 30.5 Å². The lowest BCUT2D eigenvalue weighted by atomic mass is 9.99. The zero-order valence-electron chi connectivity index (χ0n) is 11.7. The Balaban J connectivity index is 2.10. The van der Waals surface area contributed by atoms with Gasteiger partial charge in [-0.2, -0.15) is 0 Å². The van der Waals surface area contributed by atoms with Crippen LogP contribution in [0.1, 0.15) is 6.42 Å². The van der Waals surface area contributed by atoms with E-state index in [-0.39, 0.29) is 6.42 Å². The molecule has 1 unspecified atom stereocenters. The van der Waals surface area contributed by atoms with Gasteiger partial charge < -0.3 is 50.0 Å². The van der Waals surface area contributed by atoms with Crippen LogP contribution < -0.4 is 0 Å². The summed E-state index contributed by atoms with van der Waals surface area (Å²) in [5.74, 6) is -1.74. The Hall–Kier alpha value is -0.400. The molecule has 130 valence electrons. The van der Waals surface area contributed by atoms with Crippen molar-refractivity contribution in [3.63, 3.8) is 0 Å². The van der Waals surface area contributed by atoms with Gasteiger partial charge in [-0.25, -0.2) is 0 Å². The van der Waals surface area contributed by atoms with Gasteiger partial charge in [0.05, 0.1) is 25.9 Å². The van der Waals surface area contributed by atoms with Crippen molar-refractivity contribution < 1.29 is 50.0 Å². The minimum Gasteiger partial charge on any atom is -0.394 e. The minimum absolute atomic E-state index is 0.191. The molecule has 0 aromatic rings. The summed E-state index contributed by atoms with van der Waals surface area (Å²) < 4.78 is 15.8. The van der Waals surface area contributed by atoms with Crippen LogP contribution in [-0.2, 0) is 14.2 Å². The predicted molar refractivity (Wildman–Crippen MR) is 67.3 cm³/mol. The van der Waals surface area contributed by atoms with Gasteiger partial charge >= 0.3 is 0 Å². The van der Waals surface area contributed by atoms with Crippen molar-refractivity contribution in [2.24, 2.45) is 0 Å². The first-order valence-corrected chi connectivity index (χ1v) is 6.93. The largest absolute Gasteiger partial charge is 0.394 e. The van der Waals surface area contributed by atoms with Crippen molar-refractivity contribution in [3.8, 4) is 0 Å². The van der Waals surface area contributed by atoms with Gasteiger partial charge in [0.15, 0.2) is 12.1 Å². The van der Waals surface area contributed by atoms with E-state index in [4.69, 9.17) is 24.4 Å². The molecule has 0 spiro atoms. The van der Waals surface area contributed by atoms with Crippen molar-refractivity contribution >= 4 is 0 Å². The van der Waals surface area contributed by atoms with Crippen LogP contribution in [0.15, 0.2) is 0 Å². The summed E-state index contributed by atoms with van der Waals surface area (Å²) >= 11 is 0. The third kappa shape index (κ3) is 3.26. The van der Waals surface area contributed by atoms with Gasteiger partial charge in [-0.15, -0.1) is 0 Å². The second-order valence-corrected chi connectivity index (χ2v) is 5.49. The normalized spacial score (nSPS) is 49.5. The molecule has 0 radical (unpaired) electrons. The highest BCUT2D eigenvalue weighted by Gasteiger charge is 2.52. The molecule has 0 aliphatic carbocycles. The average Bonchev–Trinajstić information content (AvgIpc) is 2.84. The number of ether oxygens (including phenoxy) is 3. The van der Waals surface area contributed by atoms with Gasteiger partial charge in [0.2, 0.25) is 0 Å². The molecule has 10 heteroatoms. The molecule has 8 atom stereocenters. The van der Waals surface area contributed by atoms with Crippen LogP contribution in [0.4, 0.5) is 0 Å². The van der Waals surface area contributed by atoms with Crippen LogP contribution in [0.2, 0.25) is 0 Å². The van der Waals surface area contributed by atoms with Crippen molar-refractivity contribution in [2.45, 2.75) is 55.1 Å². The fourth-order valence-electron chi connectivity index (χ4n) is 2.60. The van der Waals surface area contributed by atoms with Gasteiger partial charge in [-0.05, 0) is 0 Å². The molecule has 0 saturated carbocycles. The van der Waals surface area contributed by atoms with E-state index in [2.05, 4.69) is 0 Å². The summed E-state index contributed by atoms with van der Waals surface area (Å²) in [5, 5.41) is 66.6. The van der Waals surface area contributed by atoms with Crippen molar-refractivity contribution in [1.29, 1.82) is 0 Å². The number of aliphatic hydroxyl groups excluding tert-OH is 7. The van der Waals surface area contributed by atoms with Crippen LogP contribution in [0.5, 0.6) is 0 Å². The lowest BCUT2D eigenvalue weighted by Gasteiger charge is -2.42. The van der Waals surface area contributed by atoms with Crippen molar-refractivity contribution in [1.82, 2.24) is 0 Å². The Morgan fingerprint density at radius 2 is 1.55 bits per heavy atom. The van der Waals surface area contributed by atoms with Crippen LogP contribution >= 0.6 is 0 Å². The SMILES string of the molecule is OC[C@H]1OC(O[C@@]2(CO)C[C@H](O)[C@@H](CO)O2)[C@H](O)[C@@H](O)[C@@H]1O. The summed E-state index contributed by atoms with van der Waals surface area (Å²) in [6.45, 7) is -1.82. The Bertz CT molecular complexity index is 366. The molecular weight excluding hydrogens is 304 g/mol. The van der Waals surface area contributed by atoms with E-state index in [9.17, 15) is 25.5 Å². The van der Waals surface area contributed by atoms with E-state index in [0.29, 0.717) is 0 Å². The van der Waals surface area contributed by atoms with E-state index in [1.54, 1.807) is 0 Å². The van der Waals surface area contributed by atoms with Gasteiger partial charge in [-0.1, -0.05) is 0 Å². The second-order valence-electron chi connectivity index (χ2n) is 5.49. The molecule has 0 aromatic heterocycles. The number of hydrogen-bond acceptors (Lipinski definition) is 10. The highest BCUT2D eigenvalue weighted by atomic mass is 16.8. The third-order valence-corrected chi connectivity index (χ3v) is 3.92. The average molecular weight is 326 g/mol. The van der Waals surface area contributed by atoms with Crippen molar-refractivity contribution in [3.05, 3.63) is 0 Å². The molecule has 0 aromatic carbocycles. The molecule has 22 heavy (non-hydrogen) atoms. The van der Waals surface area contributed by atoms with Gasteiger partial charge in [0.25, 0.3) is 0 Å². The van der Waals surface area contributed by atoms with E-state index >= 15 is 0 Å². The fourth-order valence-corrected chi connectivity index (χ4v) is 2.60. The van der Waals surface area contributed by atoms with Crippen LogP contribution in [-0.4, -0.2) is 104 Å². The highest BCUT2D eigenvalue weighted by Crippen LogP contribution is 2.35. The minimum atomic E-state index is -1.74. The van der Waals surface area contributed by atoms with Gasteiger partial charge in [-0.3, -0.25) is 0 Å². The third-order valence-electron chi connectivity index (χ3n) is 3.92. The first-order valence-electron chi connectivity index (χ1n) is 6.93. The van der Waals surface area contributed by atoms with Crippen LogP contribution in [0.3, 0.4) is 0 Å². The smallest absolute Gasteiger partial charge is 0.197 e. The maximum Gasteiger partial charge on any atom is 0.197 e. The van der Waals surface area contributed by atoms with E-state index in [1.165, 1.54) is 0 Å². The Morgan fingerprint density at radius 3 is 2.05 bits per heavy atom. The Labute approximate surface area is 126 Å². The molecule has 2 heterocycles. The quantitative estimate of drug-likeness (QED) is 0.262. The monoisotopic (exact) mass is 326 g/mol. The summed E-state index contributed by atoms with van der Waals surface area (Å²) in [6.07, 6.45) is -9.76. The lowest BCUT2D eigenvalue weighted by Crippen LogP contribution is -2.61. The number of aliphatic hydroxyl groups is 7. The van der Waals surface area contributed by atoms with E-state index < -0.39 is 68.5 Å². The standard InChI is InChI=1S/C12H22O10/c13-2-6-5(16)1-12(4-15,21-6)22-11-10(19)9(18)8(17)7(3-14)20-11/h5-11,13-19H,1-4H2/t5-,6+,7+,8+,9-,10+,11?,12+/m0/s1. The maximum absolute atomic E-state index is 9.89. The zero-order chi connectivity index (χ0) is 16.5. The predicted octanol–water partition coefficient (Wildman–Crippen LogP) is -4.37. The molecule has 2 rings (SSSR count). The molecule has 2 fully saturated rings. The first kappa shape index (κ1) is 17.9. The number of rotatable bonds is 5. The molecular formula is C12H22O10. The molecule has 0 bridgehead atoms.